The summed E-state index contributed by atoms with van der Waals surface area (Å²) < 4.78 is 12.0. The Hall–Kier alpha value is -2.54. The number of hydrogen-bond acceptors (Lipinski definition) is 4. The first-order valence-corrected chi connectivity index (χ1v) is 9.75. The van der Waals surface area contributed by atoms with Gasteiger partial charge in [-0.15, -0.1) is 0 Å². The number of amides is 2. The first-order valence-electron chi connectivity index (χ1n) is 8.96. The molecule has 0 fully saturated rings. The van der Waals surface area contributed by atoms with E-state index >= 15 is 0 Å². The minimum Gasteiger partial charge on any atom is -0.484 e. The molecule has 6 nitrogen and oxygen atoms in total. The van der Waals surface area contributed by atoms with Crippen molar-refractivity contribution in [3.05, 3.63) is 57.6 Å². The number of nitrogens with one attached hydrogen (secondary N) is 2. The van der Waals surface area contributed by atoms with Crippen LogP contribution in [0.1, 0.15) is 36.5 Å². The topological polar surface area (TPSA) is 76.7 Å². The van der Waals surface area contributed by atoms with Crippen molar-refractivity contribution in [3.8, 4) is 11.5 Å². The van der Waals surface area contributed by atoms with Gasteiger partial charge in [-0.05, 0) is 55.2 Å². The van der Waals surface area contributed by atoms with E-state index in [1.807, 2.05) is 38.1 Å². The van der Waals surface area contributed by atoms with Gasteiger partial charge >= 0.3 is 0 Å². The first kappa shape index (κ1) is 21.8. The molecule has 0 heterocycles. The van der Waals surface area contributed by atoms with Gasteiger partial charge in [-0.3, -0.25) is 20.4 Å². The number of carbonyl (C=O) groups excluding carboxylic acids is 2. The summed E-state index contributed by atoms with van der Waals surface area (Å²) in [6.45, 7) is 7.62. The number of ether oxygens (including phenoxy) is 2. The van der Waals surface area contributed by atoms with Crippen molar-refractivity contribution in [3.63, 3.8) is 0 Å². The van der Waals surface area contributed by atoms with Crippen LogP contribution >= 0.6 is 15.9 Å². The minimum atomic E-state index is -0.462. The standard InChI is InChI=1S/C21H25BrN2O4/c1-13(2)17-10-18(22)15(4)9-19(17)28-12-21(26)24-23-20(25)11-27-16-7-5-14(3)6-8-16/h5-10,13H,11-12H2,1-4H3,(H,23,25)(H,24,26). The van der Waals surface area contributed by atoms with Gasteiger partial charge in [0.25, 0.3) is 11.8 Å². The molecule has 28 heavy (non-hydrogen) atoms. The molecule has 0 spiro atoms. The Morgan fingerprint density at radius 1 is 0.964 bits per heavy atom. The first-order chi connectivity index (χ1) is 13.3. The zero-order valence-electron chi connectivity index (χ0n) is 16.5. The van der Waals surface area contributed by atoms with Crippen LogP contribution in [0.5, 0.6) is 11.5 Å². The molecule has 2 aromatic rings. The average Bonchev–Trinajstić information content (AvgIpc) is 2.66. The normalized spacial score (nSPS) is 10.5. The molecule has 0 saturated carbocycles. The Bertz CT molecular complexity index is 835. The summed E-state index contributed by atoms with van der Waals surface area (Å²) in [4.78, 5) is 23.8. The molecular formula is C21H25BrN2O4. The Morgan fingerprint density at radius 3 is 2.11 bits per heavy atom. The highest BCUT2D eigenvalue weighted by Gasteiger charge is 2.13. The van der Waals surface area contributed by atoms with E-state index in [0.29, 0.717) is 11.5 Å². The van der Waals surface area contributed by atoms with Gasteiger partial charge < -0.3 is 9.47 Å². The highest BCUT2D eigenvalue weighted by molar-refractivity contribution is 9.10. The summed E-state index contributed by atoms with van der Waals surface area (Å²) in [5, 5.41) is 0. The van der Waals surface area contributed by atoms with E-state index in [1.54, 1.807) is 12.1 Å². The van der Waals surface area contributed by atoms with E-state index < -0.39 is 11.8 Å². The molecule has 0 bridgehead atoms. The van der Waals surface area contributed by atoms with E-state index in [1.165, 1.54) is 0 Å². The van der Waals surface area contributed by atoms with Gasteiger partial charge in [0.1, 0.15) is 11.5 Å². The molecular weight excluding hydrogens is 424 g/mol. The third-order valence-corrected chi connectivity index (χ3v) is 4.86. The molecule has 7 heteroatoms. The van der Waals surface area contributed by atoms with Gasteiger partial charge in [-0.1, -0.05) is 47.5 Å². The molecule has 0 aliphatic rings. The van der Waals surface area contributed by atoms with E-state index in [0.717, 1.165) is 21.2 Å². The largest absolute Gasteiger partial charge is 0.484 e. The fourth-order valence-corrected chi connectivity index (χ4v) is 2.75. The average molecular weight is 449 g/mol. The second kappa shape index (κ2) is 10.1. The van der Waals surface area contributed by atoms with Crippen molar-refractivity contribution in [1.82, 2.24) is 10.9 Å². The lowest BCUT2D eigenvalue weighted by molar-refractivity contribution is -0.131. The lowest BCUT2D eigenvalue weighted by Crippen LogP contribution is -2.45. The van der Waals surface area contributed by atoms with Crippen molar-refractivity contribution < 1.29 is 19.1 Å². The van der Waals surface area contributed by atoms with Crippen LogP contribution in [0.4, 0.5) is 0 Å². The molecule has 0 radical (unpaired) electrons. The summed E-state index contributed by atoms with van der Waals surface area (Å²) in [6.07, 6.45) is 0. The zero-order chi connectivity index (χ0) is 20.7. The maximum absolute atomic E-state index is 12.0. The van der Waals surface area contributed by atoms with Gasteiger partial charge in [-0.25, -0.2) is 0 Å². The van der Waals surface area contributed by atoms with E-state index in [2.05, 4.69) is 40.6 Å². The summed E-state index contributed by atoms with van der Waals surface area (Å²) in [6, 6.07) is 11.2. The third kappa shape index (κ3) is 6.56. The minimum absolute atomic E-state index is 0.201. The van der Waals surface area contributed by atoms with E-state index in [9.17, 15) is 9.59 Å². The molecule has 0 atom stereocenters. The van der Waals surface area contributed by atoms with Crippen LogP contribution in [-0.2, 0) is 9.59 Å². The summed E-state index contributed by atoms with van der Waals surface area (Å²) in [7, 11) is 0. The third-order valence-electron chi connectivity index (χ3n) is 4.00. The van der Waals surface area contributed by atoms with Gasteiger partial charge in [0, 0.05) is 4.47 Å². The van der Waals surface area contributed by atoms with Crippen LogP contribution in [0, 0.1) is 13.8 Å². The van der Waals surface area contributed by atoms with Gasteiger partial charge in [-0.2, -0.15) is 0 Å². The van der Waals surface area contributed by atoms with Gasteiger partial charge in [0.05, 0.1) is 0 Å². The second-order valence-corrected chi connectivity index (χ2v) is 7.64. The van der Waals surface area contributed by atoms with Crippen LogP contribution in [0.2, 0.25) is 0 Å². The fraction of sp³-hybridized carbons (Fsp3) is 0.333. The quantitative estimate of drug-likeness (QED) is 0.631. The number of aryl methyl sites for hydroxylation is 2. The molecule has 0 aliphatic carbocycles. The maximum Gasteiger partial charge on any atom is 0.276 e. The lowest BCUT2D eigenvalue weighted by atomic mass is 10.0. The predicted octanol–water partition coefficient (Wildman–Crippen LogP) is 3.79. The van der Waals surface area contributed by atoms with Crippen LogP contribution in [0.3, 0.4) is 0 Å². The molecule has 0 aromatic heterocycles. The summed E-state index contributed by atoms with van der Waals surface area (Å²) in [5.74, 6) is 0.561. The van der Waals surface area contributed by atoms with Crippen molar-refractivity contribution in [2.45, 2.75) is 33.6 Å². The number of halogens is 1. The monoisotopic (exact) mass is 448 g/mol. The van der Waals surface area contributed by atoms with E-state index in [-0.39, 0.29) is 19.1 Å². The molecule has 2 N–H and O–H groups in total. The SMILES string of the molecule is Cc1ccc(OCC(=O)NNC(=O)COc2cc(C)c(Br)cc2C(C)C)cc1. The Kier molecular flexibility index (Phi) is 7.87. The number of benzene rings is 2. The Labute approximate surface area is 173 Å². The van der Waals surface area contributed by atoms with Crippen LogP contribution in [0.25, 0.3) is 0 Å². The fourth-order valence-electron chi connectivity index (χ4n) is 2.38. The zero-order valence-corrected chi connectivity index (χ0v) is 18.1. The number of hydrazine groups is 1. The molecule has 0 saturated heterocycles. The summed E-state index contributed by atoms with van der Waals surface area (Å²) >= 11 is 3.51. The smallest absolute Gasteiger partial charge is 0.276 e. The van der Waals surface area contributed by atoms with Gasteiger partial charge in [0.2, 0.25) is 0 Å². The maximum atomic E-state index is 12.0. The van der Waals surface area contributed by atoms with Crippen LogP contribution in [-0.4, -0.2) is 25.0 Å². The predicted molar refractivity (Wildman–Crippen MR) is 111 cm³/mol. The highest BCUT2D eigenvalue weighted by atomic mass is 79.9. The number of carbonyl (C=O) groups is 2. The Balaban J connectivity index is 1.79. The molecule has 150 valence electrons. The van der Waals surface area contributed by atoms with Crippen molar-refractivity contribution in [2.24, 2.45) is 0 Å². The molecule has 0 unspecified atom stereocenters. The van der Waals surface area contributed by atoms with Crippen LogP contribution < -0.4 is 20.3 Å². The van der Waals surface area contributed by atoms with Crippen molar-refractivity contribution in [1.29, 1.82) is 0 Å². The second-order valence-electron chi connectivity index (χ2n) is 6.78. The molecule has 0 aliphatic heterocycles. The van der Waals surface area contributed by atoms with Crippen LogP contribution in [0.15, 0.2) is 40.9 Å². The molecule has 2 rings (SSSR count). The molecule has 2 amide bonds. The Morgan fingerprint density at radius 2 is 1.54 bits per heavy atom. The summed E-state index contributed by atoms with van der Waals surface area (Å²) in [5.41, 5.74) is 7.75. The molecule has 2 aromatic carbocycles. The van der Waals surface area contributed by atoms with Crippen molar-refractivity contribution in [2.75, 3.05) is 13.2 Å². The lowest BCUT2D eigenvalue weighted by Gasteiger charge is -2.16. The van der Waals surface area contributed by atoms with Crippen molar-refractivity contribution >= 4 is 27.7 Å². The van der Waals surface area contributed by atoms with E-state index in [4.69, 9.17) is 9.47 Å². The number of rotatable bonds is 7. The highest BCUT2D eigenvalue weighted by Crippen LogP contribution is 2.32. The van der Waals surface area contributed by atoms with Gasteiger partial charge in [0.15, 0.2) is 13.2 Å². The number of hydrogen-bond donors (Lipinski definition) is 2.